The van der Waals surface area contributed by atoms with Crippen molar-refractivity contribution >= 4 is 21.7 Å². The molecule has 1 saturated carbocycles. The lowest BCUT2D eigenvalue weighted by atomic mass is 9.83. The number of nitrogens with zero attached hydrogens (tertiary/aromatic N) is 1. The van der Waals surface area contributed by atoms with E-state index in [1.165, 1.54) is 5.56 Å². The second-order valence-electron chi connectivity index (χ2n) is 6.30. The molecule has 0 amide bonds. The van der Waals surface area contributed by atoms with Gasteiger partial charge in [0, 0.05) is 22.3 Å². The number of aromatic nitrogens is 1. The number of nitrogens with two attached hydrogens (primary N) is 1. The van der Waals surface area contributed by atoms with Gasteiger partial charge in [-0.2, -0.15) is 0 Å². The van der Waals surface area contributed by atoms with Gasteiger partial charge in [-0.05, 0) is 56.4 Å². The molecule has 0 unspecified atom stereocenters. The van der Waals surface area contributed by atoms with Crippen LogP contribution in [-0.2, 0) is 0 Å². The van der Waals surface area contributed by atoms with E-state index in [0.29, 0.717) is 6.04 Å². The number of hydrogen-bond donors (Lipinski definition) is 2. The summed E-state index contributed by atoms with van der Waals surface area (Å²) in [4.78, 5) is 0. The average Bonchev–Trinajstić information content (AvgIpc) is 2.82. The van der Waals surface area contributed by atoms with Crippen LogP contribution in [0.5, 0.6) is 0 Å². The summed E-state index contributed by atoms with van der Waals surface area (Å²) in [6, 6.07) is 10.7. The van der Waals surface area contributed by atoms with Crippen LogP contribution < -0.4 is 5.73 Å². The van der Waals surface area contributed by atoms with Crippen molar-refractivity contribution in [3.63, 3.8) is 0 Å². The molecule has 1 aromatic carbocycles. The van der Waals surface area contributed by atoms with Crippen molar-refractivity contribution in [3.05, 3.63) is 41.0 Å². The number of hydrogen-bond acceptors (Lipinski definition) is 2. The van der Waals surface area contributed by atoms with Crippen molar-refractivity contribution in [2.45, 2.75) is 44.2 Å². The second-order valence-corrected chi connectivity index (χ2v) is 7.21. The van der Waals surface area contributed by atoms with Crippen molar-refractivity contribution in [1.82, 2.24) is 4.57 Å². The minimum absolute atomic E-state index is 0.398. The Balaban J connectivity index is 1.83. The first-order valence-electron chi connectivity index (χ1n) is 7.40. The molecule has 2 aromatic rings. The molecule has 0 atom stereocenters. The van der Waals surface area contributed by atoms with Gasteiger partial charge in [0.15, 0.2) is 0 Å². The van der Waals surface area contributed by atoms with Gasteiger partial charge in [0.1, 0.15) is 5.82 Å². The van der Waals surface area contributed by atoms with E-state index in [9.17, 15) is 5.11 Å². The summed E-state index contributed by atoms with van der Waals surface area (Å²) in [5.41, 5.74) is 8.01. The van der Waals surface area contributed by atoms with E-state index in [0.717, 1.165) is 41.5 Å². The molecule has 112 valence electrons. The highest BCUT2D eigenvalue weighted by atomic mass is 79.9. The molecule has 1 heterocycles. The van der Waals surface area contributed by atoms with Crippen LogP contribution in [0.25, 0.3) is 11.1 Å². The molecule has 0 radical (unpaired) electrons. The zero-order valence-electron chi connectivity index (χ0n) is 12.2. The fraction of sp³-hybridized carbons (Fsp3) is 0.412. The first kappa shape index (κ1) is 14.7. The molecule has 3 N–H and O–H groups in total. The Morgan fingerprint density at radius 3 is 2.43 bits per heavy atom. The number of aliphatic hydroxyl groups is 1. The molecule has 1 aliphatic carbocycles. The Kier molecular flexibility index (Phi) is 3.84. The van der Waals surface area contributed by atoms with Gasteiger partial charge in [-0.15, -0.1) is 0 Å². The fourth-order valence-corrected chi connectivity index (χ4v) is 3.38. The lowest BCUT2D eigenvalue weighted by molar-refractivity contribution is 0.0102. The maximum Gasteiger partial charge on any atom is 0.104 e. The summed E-state index contributed by atoms with van der Waals surface area (Å²) in [5, 5.41) is 10.1. The van der Waals surface area contributed by atoms with Crippen LogP contribution in [0.4, 0.5) is 5.82 Å². The molecule has 0 spiro atoms. The molecule has 21 heavy (non-hydrogen) atoms. The van der Waals surface area contributed by atoms with Gasteiger partial charge >= 0.3 is 0 Å². The summed E-state index contributed by atoms with van der Waals surface area (Å²) in [6.07, 6.45) is 5.77. The Morgan fingerprint density at radius 1 is 1.19 bits per heavy atom. The molecule has 0 aliphatic heterocycles. The molecule has 1 aromatic heterocycles. The first-order valence-corrected chi connectivity index (χ1v) is 8.20. The normalized spacial score (nSPS) is 26.0. The van der Waals surface area contributed by atoms with Crippen LogP contribution in [0.3, 0.4) is 0 Å². The SMILES string of the molecule is CC1(O)CCC(n2cc(-c3ccc(Br)cc3)cc2N)CC1. The van der Waals surface area contributed by atoms with Crippen molar-refractivity contribution < 1.29 is 5.11 Å². The zero-order chi connectivity index (χ0) is 15.0. The Morgan fingerprint density at radius 2 is 1.81 bits per heavy atom. The van der Waals surface area contributed by atoms with Gasteiger partial charge in [0.05, 0.1) is 5.60 Å². The number of halogens is 1. The topological polar surface area (TPSA) is 51.2 Å². The monoisotopic (exact) mass is 348 g/mol. The minimum Gasteiger partial charge on any atom is -0.390 e. The van der Waals surface area contributed by atoms with Gasteiger partial charge in [-0.25, -0.2) is 0 Å². The highest BCUT2D eigenvalue weighted by Gasteiger charge is 2.30. The van der Waals surface area contributed by atoms with E-state index in [4.69, 9.17) is 5.73 Å². The maximum atomic E-state index is 10.1. The smallest absolute Gasteiger partial charge is 0.104 e. The van der Waals surface area contributed by atoms with E-state index in [-0.39, 0.29) is 0 Å². The zero-order valence-corrected chi connectivity index (χ0v) is 13.8. The molecule has 0 saturated heterocycles. The van der Waals surface area contributed by atoms with Gasteiger partial charge in [-0.3, -0.25) is 0 Å². The van der Waals surface area contributed by atoms with Crippen molar-refractivity contribution in [2.24, 2.45) is 0 Å². The van der Waals surface area contributed by atoms with Crippen LogP contribution in [0, 0.1) is 0 Å². The molecule has 1 aliphatic rings. The Bertz CT molecular complexity index is 621. The summed E-state index contributed by atoms with van der Waals surface area (Å²) < 4.78 is 3.25. The molecule has 3 rings (SSSR count). The predicted octanol–water partition coefficient (Wildman–Crippen LogP) is 4.37. The van der Waals surface area contributed by atoms with Gasteiger partial charge in [0.25, 0.3) is 0 Å². The Labute approximate surface area is 133 Å². The van der Waals surface area contributed by atoms with Gasteiger partial charge < -0.3 is 15.4 Å². The van der Waals surface area contributed by atoms with E-state index >= 15 is 0 Å². The van der Waals surface area contributed by atoms with Crippen LogP contribution in [0.1, 0.15) is 38.6 Å². The highest BCUT2D eigenvalue weighted by molar-refractivity contribution is 9.10. The van der Waals surface area contributed by atoms with E-state index in [2.05, 4.69) is 38.8 Å². The number of rotatable bonds is 2. The number of anilines is 1. The van der Waals surface area contributed by atoms with Crippen LogP contribution in [0.2, 0.25) is 0 Å². The van der Waals surface area contributed by atoms with Gasteiger partial charge in [-0.1, -0.05) is 28.1 Å². The Hall–Kier alpha value is -1.26. The largest absolute Gasteiger partial charge is 0.390 e. The van der Waals surface area contributed by atoms with E-state index < -0.39 is 5.60 Å². The fourth-order valence-electron chi connectivity index (χ4n) is 3.11. The van der Waals surface area contributed by atoms with E-state index in [1.807, 2.05) is 25.1 Å². The van der Waals surface area contributed by atoms with Gasteiger partial charge in [0.2, 0.25) is 0 Å². The molecule has 3 nitrogen and oxygen atoms in total. The van der Waals surface area contributed by atoms with Crippen LogP contribution in [0.15, 0.2) is 41.0 Å². The summed E-state index contributed by atoms with van der Waals surface area (Å²) in [5.74, 6) is 0.805. The summed E-state index contributed by atoms with van der Waals surface area (Å²) in [6.45, 7) is 1.93. The van der Waals surface area contributed by atoms with Crippen molar-refractivity contribution in [1.29, 1.82) is 0 Å². The third-order valence-corrected chi connectivity index (χ3v) is 5.01. The lowest BCUT2D eigenvalue weighted by Crippen LogP contribution is -2.31. The van der Waals surface area contributed by atoms with Crippen molar-refractivity contribution in [3.8, 4) is 11.1 Å². The first-order chi connectivity index (χ1) is 9.94. The van der Waals surface area contributed by atoms with Crippen LogP contribution >= 0.6 is 15.9 Å². The summed E-state index contributed by atoms with van der Waals surface area (Å²) >= 11 is 3.46. The minimum atomic E-state index is -0.507. The standard InChI is InChI=1S/C17H21BrN2O/c1-17(21)8-6-15(7-9-17)20-11-13(10-16(20)19)12-2-4-14(18)5-3-12/h2-5,10-11,15,21H,6-9,19H2,1H3. The summed E-state index contributed by atoms with van der Waals surface area (Å²) in [7, 11) is 0. The van der Waals surface area contributed by atoms with Crippen LogP contribution in [-0.4, -0.2) is 15.3 Å². The predicted molar refractivity (Wildman–Crippen MR) is 90.1 cm³/mol. The van der Waals surface area contributed by atoms with E-state index in [1.54, 1.807) is 0 Å². The highest BCUT2D eigenvalue weighted by Crippen LogP contribution is 2.37. The molecule has 0 bridgehead atoms. The molecule has 4 heteroatoms. The molecular weight excluding hydrogens is 328 g/mol. The second kappa shape index (κ2) is 5.50. The number of benzene rings is 1. The average molecular weight is 349 g/mol. The number of nitrogen functional groups attached to an aromatic ring is 1. The lowest BCUT2D eigenvalue weighted by Gasteiger charge is -2.34. The maximum absolute atomic E-state index is 10.1. The third-order valence-electron chi connectivity index (χ3n) is 4.48. The third kappa shape index (κ3) is 3.16. The molecular formula is C17H21BrN2O. The molecule has 1 fully saturated rings. The quantitative estimate of drug-likeness (QED) is 0.846. The van der Waals surface area contributed by atoms with Crippen molar-refractivity contribution in [2.75, 3.05) is 5.73 Å².